The average molecular weight is 329 g/mol. The number of rotatable bonds is 7. The highest BCUT2D eigenvalue weighted by molar-refractivity contribution is 9.10. The molecule has 0 aromatic heterocycles. The minimum atomic E-state index is -0.300. The third kappa shape index (κ3) is 5.20. The molecule has 0 aliphatic carbocycles. The molecule has 0 saturated heterocycles. The molecule has 4 nitrogen and oxygen atoms in total. The van der Waals surface area contributed by atoms with Crippen LogP contribution in [0.25, 0.3) is 0 Å². The summed E-state index contributed by atoms with van der Waals surface area (Å²) in [6.07, 6.45) is 1.69. The molecular formula is C14H21BrN2O2. The molecule has 0 amide bonds. The average Bonchev–Trinajstić information content (AvgIpc) is 2.39. The summed E-state index contributed by atoms with van der Waals surface area (Å²) < 4.78 is 6.70. The Morgan fingerprint density at radius 1 is 1.42 bits per heavy atom. The third-order valence-corrected chi connectivity index (χ3v) is 3.88. The van der Waals surface area contributed by atoms with Crippen molar-refractivity contribution in [1.82, 2.24) is 0 Å². The van der Waals surface area contributed by atoms with Gasteiger partial charge in [-0.15, -0.1) is 0 Å². The van der Waals surface area contributed by atoms with Gasteiger partial charge in [0.15, 0.2) is 0 Å². The van der Waals surface area contributed by atoms with Crippen LogP contribution in [0.2, 0.25) is 0 Å². The first kappa shape index (κ1) is 16.0. The molecule has 1 rings (SSSR count). The lowest BCUT2D eigenvalue weighted by Crippen LogP contribution is -2.32. The molecule has 1 aromatic rings. The van der Waals surface area contributed by atoms with E-state index in [2.05, 4.69) is 21.1 Å². The first-order valence-electron chi connectivity index (χ1n) is 6.26. The van der Waals surface area contributed by atoms with Gasteiger partial charge < -0.3 is 15.7 Å². The fourth-order valence-corrected chi connectivity index (χ4v) is 2.08. The minimum Gasteiger partial charge on any atom is -0.409 e. The Labute approximate surface area is 122 Å². The second-order valence-corrected chi connectivity index (χ2v) is 5.97. The molecule has 3 N–H and O–H groups in total. The lowest BCUT2D eigenvalue weighted by atomic mass is 9.87. The van der Waals surface area contributed by atoms with Crippen LogP contribution in [0.3, 0.4) is 0 Å². The van der Waals surface area contributed by atoms with Gasteiger partial charge in [0, 0.05) is 16.5 Å². The molecule has 106 valence electrons. The smallest absolute Gasteiger partial charge is 0.144 e. The molecule has 0 radical (unpaired) electrons. The number of halogens is 1. The molecule has 0 heterocycles. The Kier molecular flexibility index (Phi) is 6.31. The Hall–Kier alpha value is -1.07. The van der Waals surface area contributed by atoms with E-state index < -0.39 is 0 Å². The zero-order valence-electron chi connectivity index (χ0n) is 11.4. The quantitative estimate of drug-likeness (QED) is 0.264. The zero-order valence-corrected chi connectivity index (χ0v) is 13.0. The summed E-state index contributed by atoms with van der Waals surface area (Å²) in [4.78, 5) is 0. The zero-order chi connectivity index (χ0) is 14.3. The van der Waals surface area contributed by atoms with Gasteiger partial charge in [0.05, 0.1) is 6.61 Å². The van der Waals surface area contributed by atoms with E-state index in [1.165, 1.54) is 0 Å². The van der Waals surface area contributed by atoms with Gasteiger partial charge in [0.25, 0.3) is 0 Å². The van der Waals surface area contributed by atoms with Crippen LogP contribution in [0.4, 0.5) is 0 Å². The molecule has 1 aromatic carbocycles. The van der Waals surface area contributed by atoms with Crippen molar-refractivity contribution in [2.75, 3.05) is 6.61 Å². The van der Waals surface area contributed by atoms with Gasteiger partial charge in [-0.2, -0.15) is 0 Å². The van der Waals surface area contributed by atoms with E-state index in [-0.39, 0.29) is 11.3 Å². The van der Waals surface area contributed by atoms with Crippen LogP contribution >= 0.6 is 15.9 Å². The number of ether oxygens (including phenoxy) is 1. The van der Waals surface area contributed by atoms with Crippen molar-refractivity contribution in [3.05, 3.63) is 34.3 Å². The number of hydrogen-bond donors (Lipinski definition) is 2. The monoisotopic (exact) mass is 328 g/mol. The lowest BCUT2D eigenvalue weighted by molar-refractivity contribution is 0.112. The summed E-state index contributed by atoms with van der Waals surface area (Å²) in [5.41, 5.74) is 6.47. The van der Waals surface area contributed by atoms with Crippen molar-refractivity contribution in [2.45, 2.75) is 33.3 Å². The molecule has 0 bridgehead atoms. The molecule has 0 aliphatic heterocycles. The van der Waals surface area contributed by atoms with Crippen LogP contribution in [-0.4, -0.2) is 17.6 Å². The SMILES string of the molecule is CC(C)(CCCOCc1ccccc1Br)/C(N)=N/O. The second kappa shape index (κ2) is 7.50. The Morgan fingerprint density at radius 2 is 2.11 bits per heavy atom. The minimum absolute atomic E-state index is 0.262. The topological polar surface area (TPSA) is 67.8 Å². The molecular weight excluding hydrogens is 308 g/mol. The first-order valence-corrected chi connectivity index (χ1v) is 7.06. The van der Waals surface area contributed by atoms with Gasteiger partial charge in [0.1, 0.15) is 5.84 Å². The molecule has 0 spiro atoms. The first-order chi connectivity index (χ1) is 8.97. The molecule has 0 saturated carbocycles. The largest absolute Gasteiger partial charge is 0.409 e. The summed E-state index contributed by atoms with van der Waals surface area (Å²) in [6, 6.07) is 8.00. The number of benzene rings is 1. The van der Waals surface area contributed by atoms with Crippen LogP contribution in [0, 0.1) is 5.41 Å². The molecule has 0 atom stereocenters. The van der Waals surface area contributed by atoms with Crippen LogP contribution in [-0.2, 0) is 11.3 Å². The number of nitrogens with zero attached hydrogens (tertiary/aromatic N) is 1. The van der Waals surface area contributed by atoms with Crippen molar-refractivity contribution >= 4 is 21.8 Å². The van der Waals surface area contributed by atoms with Crippen molar-refractivity contribution in [3.8, 4) is 0 Å². The highest BCUT2D eigenvalue weighted by Crippen LogP contribution is 2.22. The number of amidine groups is 1. The predicted octanol–water partition coefficient (Wildman–Crippen LogP) is 3.52. The Morgan fingerprint density at radius 3 is 2.74 bits per heavy atom. The van der Waals surface area contributed by atoms with E-state index in [0.29, 0.717) is 13.2 Å². The van der Waals surface area contributed by atoms with Crippen molar-refractivity contribution < 1.29 is 9.94 Å². The van der Waals surface area contributed by atoms with Crippen LogP contribution in [0.1, 0.15) is 32.3 Å². The fourth-order valence-electron chi connectivity index (χ4n) is 1.68. The molecule has 5 heteroatoms. The maximum absolute atomic E-state index is 8.68. The summed E-state index contributed by atoms with van der Waals surface area (Å²) in [5.74, 6) is 0.262. The van der Waals surface area contributed by atoms with E-state index in [1.54, 1.807) is 0 Å². The van der Waals surface area contributed by atoms with Gasteiger partial charge in [-0.25, -0.2) is 0 Å². The van der Waals surface area contributed by atoms with Gasteiger partial charge in [0.2, 0.25) is 0 Å². The lowest BCUT2D eigenvalue weighted by Gasteiger charge is -2.22. The van der Waals surface area contributed by atoms with Crippen LogP contribution in [0.15, 0.2) is 33.9 Å². The van der Waals surface area contributed by atoms with Crippen molar-refractivity contribution in [3.63, 3.8) is 0 Å². The summed E-state index contributed by atoms with van der Waals surface area (Å²) in [7, 11) is 0. The number of oxime groups is 1. The summed E-state index contributed by atoms with van der Waals surface area (Å²) >= 11 is 3.49. The molecule has 0 unspecified atom stereocenters. The van der Waals surface area contributed by atoms with Gasteiger partial charge in [-0.1, -0.05) is 53.1 Å². The Bertz CT molecular complexity index is 433. The van der Waals surface area contributed by atoms with Gasteiger partial charge in [-0.3, -0.25) is 0 Å². The second-order valence-electron chi connectivity index (χ2n) is 5.12. The summed E-state index contributed by atoms with van der Waals surface area (Å²) in [5, 5.41) is 11.7. The van der Waals surface area contributed by atoms with E-state index in [9.17, 15) is 0 Å². The maximum Gasteiger partial charge on any atom is 0.144 e. The van der Waals surface area contributed by atoms with E-state index in [0.717, 1.165) is 22.9 Å². The van der Waals surface area contributed by atoms with Gasteiger partial charge >= 0.3 is 0 Å². The predicted molar refractivity (Wildman–Crippen MR) is 80.2 cm³/mol. The Balaban J connectivity index is 2.27. The number of hydrogen-bond acceptors (Lipinski definition) is 3. The third-order valence-electron chi connectivity index (χ3n) is 3.11. The molecule has 19 heavy (non-hydrogen) atoms. The van der Waals surface area contributed by atoms with Crippen LogP contribution in [0.5, 0.6) is 0 Å². The highest BCUT2D eigenvalue weighted by atomic mass is 79.9. The van der Waals surface area contributed by atoms with E-state index in [1.807, 2.05) is 38.1 Å². The normalized spacial score (nSPS) is 12.7. The fraction of sp³-hybridized carbons (Fsp3) is 0.500. The van der Waals surface area contributed by atoms with Gasteiger partial charge in [-0.05, 0) is 24.5 Å². The van der Waals surface area contributed by atoms with E-state index >= 15 is 0 Å². The molecule has 0 fully saturated rings. The molecule has 0 aliphatic rings. The standard InChI is InChI=1S/C14H21BrN2O2/c1-14(2,13(16)17-18)8-5-9-19-10-11-6-3-4-7-12(11)15/h3-4,6-7,18H,5,8-10H2,1-2H3,(H2,16,17). The van der Waals surface area contributed by atoms with Crippen molar-refractivity contribution in [1.29, 1.82) is 0 Å². The van der Waals surface area contributed by atoms with Crippen LogP contribution < -0.4 is 5.73 Å². The van der Waals surface area contributed by atoms with Crippen molar-refractivity contribution in [2.24, 2.45) is 16.3 Å². The number of nitrogens with two attached hydrogens (primary N) is 1. The van der Waals surface area contributed by atoms with E-state index in [4.69, 9.17) is 15.7 Å². The maximum atomic E-state index is 8.68. The highest BCUT2D eigenvalue weighted by Gasteiger charge is 2.22. The summed E-state index contributed by atoms with van der Waals surface area (Å²) in [6.45, 7) is 5.15.